The van der Waals surface area contributed by atoms with Gasteiger partial charge in [-0.05, 0) is 51.5 Å². The maximum atomic E-state index is 6.41. The monoisotopic (exact) mass is 277 g/mol. The van der Waals surface area contributed by atoms with Gasteiger partial charge in [0.15, 0.2) is 0 Å². The Labute approximate surface area is 124 Å². The molecule has 1 unspecified atom stereocenters. The molecule has 1 saturated carbocycles. The van der Waals surface area contributed by atoms with Crippen LogP contribution in [0.3, 0.4) is 0 Å². The van der Waals surface area contributed by atoms with Crippen molar-refractivity contribution >= 4 is 5.71 Å². The number of likely N-dealkylation sites (tertiary alicyclic amines) is 1. The fourth-order valence-electron chi connectivity index (χ4n) is 3.88. The lowest BCUT2D eigenvalue weighted by atomic mass is 9.93. The van der Waals surface area contributed by atoms with Crippen LogP contribution in [0, 0.1) is 5.92 Å². The zero-order valence-corrected chi connectivity index (χ0v) is 13.3. The number of allylic oxidation sites excluding steroid dienone is 1. The Hall–Kier alpha value is -0.990. The Morgan fingerprint density at radius 1 is 1.15 bits per heavy atom. The van der Waals surface area contributed by atoms with Crippen molar-refractivity contribution in [1.82, 2.24) is 4.90 Å². The quantitative estimate of drug-likeness (QED) is 0.796. The lowest BCUT2D eigenvalue weighted by molar-refractivity contribution is 0.184. The molecule has 2 aliphatic rings. The van der Waals surface area contributed by atoms with Gasteiger partial charge in [-0.3, -0.25) is 4.99 Å². The zero-order valence-electron chi connectivity index (χ0n) is 13.3. The van der Waals surface area contributed by atoms with Crippen LogP contribution >= 0.6 is 0 Å². The predicted molar refractivity (Wildman–Crippen MR) is 86.8 cm³/mol. The summed E-state index contributed by atoms with van der Waals surface area (Å²) in [6.45, 7) is 6.09. The highest BCUT2D eigenvalue weighted by atomic mass is 15.2. The first-order valence-electron chi connectivity index (χ1n) is 8.47. The first-order chi connectivity index (χ1) is 9.72. The van der Waals surface area contributed by atoms with Crippen LogP contribution in [-0.2, 0) is 0 Å². The van der Waals surface area contributed by atoms with Crippen LogP contribution < -0.4 is 5.73 Å². The highest BCUT2D eigenvalue weighted by molar-refractivity contribution is 5.93. The van der Waals surface area contributed by atoms with E-state index >= 15 is 0 Å². The van der Waals surface area contributed by atoms with E-state index in [1.165, 1.54) is 51.4 Å². The molecule has 1 aliphatic heterocycles. The van der Waals surface area contributed by atoms with Gasteiger partial charge < -0.3 is 10.6 Å². The fraction of sp³-hybridized carbons (Fsp3) is 0.824. The average molecular weight is 277 g/mol. The van der Waals surface area contributed by atoms with Crippen molar-refractivity contribution in [2.45, 2.75) is 71.3 Å². The maximum absolute atomic E-state index is 6.41. The first-order valence-corrected chi connectivity index (χ1v) is 8.47. The van der Waals surface area contributed by atoms with Gasteiger partial charge in [-0.1, -0.05) is 25.7 Å². The molecule has 1 atom stereocenters. The van der Waals surface area contributed by atoms with Gasteiger partial charge >= 0.3 is 0 Å². The van der Waals surface area contributed by atoms with Crippen LogP contribution in [0.4, 0.5) is 0 Å². The molecule has 1 saturated heterocycles. The average Bonchev–Trinajstić information content (AvgIpc) is 2.83. The fourth-order valence-corrected chi connectivity index (χ4v) is 3.88. The Bertz CT molecular complexity index is 353. The van der Waals surface area contributed by atoms with E-state index in [2.05, 4.69) is 29.8 Å². The van der Waals surface area contributed by atoms with Crippen molar-refractivity contribution in [2.75, 3.05) is 13.1 Å². The minimum atomic E-state index is 0.672. The molecule has 1 aliphatic carbocycles. The summed E-state index contributed by atoms with van der Waals surface area (Å²) in [4.78, 5) is 6.94. The summed E-state index contributed by atoms with van der Waals surface area (Å²) in [5.74, 6) is 1.81. The van der Waals surface area contributed by atoms with Crippen LogP contribution in [0.1, 0.15) is 65.2 Å². The molecular formula is C17H31N3. The molecule has 0 aromatic heterocycles. The summed E-state index contributed by atoms with van der Waals surface area (Å²) in [5, 5.41) is 0. The highest BCUT2D eigenvalue weighted by Crippen LogP contribution is 2.35. The molecule has 0 aromatic carbocycles. The molecule has 0 spiro atoms. The van der Waals surface area contributed by atoms with Crippen molar-refractivity contribution in [1.29, 1.82) is 0 Å². The van der Waals surface area contributed by atoms with Gasteiger partial charge in [0.2, 0.25) is 0 Å². The lowest BCUT2D eigenvalue weighted by Crippen LogP contribution is -2.41. The Morgan fingerprint density at radius 3 is 2.55 bits per heavy atom. The second-order valence-corrected chi connectivity index (χ2v) is 6.34. The van der Waals surface area contributed by atoms with Gasteiger partial charge in [0, 0.05) is 24.8 Å². The Balaban J connectivity index is 2.12. The van der Waals surface area contributed by atoms with Gasteiger partial charge in [0.25, 0.3) is 0 Å². The van der Waals surface area contributed by atoms with Crippen molar-refractivity contribution < 1.29 is 0 Å². The minimum Gasteiger partial charge on any atom is -0.385 e. The molecule has 0 bridgehead atoms. The van der Waals surface area contributed by atoms with Gasteiger partial charge in [-0.25, -0.2) is 0 Å². The number of nitrogens with two attached hydrogens (primary N) is 1. The second kappa shape index (κ2) is 7.70. The third-order valence-corrected chi connectivity index (χ3v) is 4.84. The summed E-state index contributed by atoms with van der Waals surface area (Å²) in [6, 6.07) is 0.672. The van der Waals surface area contributed by atoms with Crippen molar-refractivity contribution in [3.05, 3.63) is 11.9 Å². The largest absolute Gasteiger partial charge is 0.385 e. The summed E-state index contributed by atoms with van der Waals surface area (Å²) in [5.41, 5.74) is 7.47. The predicted octanol–water partition coefficient (Wildman–Crippen LogP) is 3.70. The van der Waals surface area contributed by atoms with Gasteiger partial charge in [0.1, 0.15) is 5.82 Å². The molecule has 2 fully saturated rings. The molecule has 114 valence electrons. The molecule has 0 aromatic rings. The maximum Gasteiger partial charge on any atom is 0.101 e. The number of nitrogens with zero attached hydrogens (tertiary/aromatic N) is 2. The number of hydrogen-bond acceptors (Lipinski definition) is 3. The van der Waals surface area contributed by atoms with E-state index in [9.17, 15) is 0 Å². The summed E-state index contributed by atoms with van der Waals surface area (Å²) in [7, 11) is 0. The standard InChI is InChI=1S/C17H31N3/c1-3-19-14(2)13-17(18)20-12-8-4-5-11-16(20)15-9-6-7-10-15/h13,15-16H,3-12,18H2,1-2H3/b17-13+,19-14-. The first kappa shape index (κ1) is 15.4. The van der Waals surface area contributed by atoms with E-state index in [1.54, 1.807) is 0 Å². The van der Waals surface area contributed by atoms with E-state index in [1.807, 2.05) is 0 Å². The van der Waals surface area contributed by atoms with Crippen molar-refractivity contribution in [3.63, 3.8) is 0 Å². The summed E-state index contributed by atoms with van der Waals surface area (Å²) < 4.78 is 0. The van der Waals surface area contributed by atoms with Gasteiger partial charge in [-0.2, -0.15) is 0 Å². The Kier molecular flexibility index (Phi) is 5.93. The molecule has 0 radical (unpaired) electrons. The molecule has 2 N–H and O–H groups in total. The van der Waals surface area contributed by atoms with Crippen molar-refractivity contribution in [2.24, 2.45) is 16.6 Å². The molecule has 20 heavy (non-hydrogen) atoms. The normalized spacial score (nSPS) is 26.9. The van der Waals surface area contributed by atoms with E-state index in [0.29, 0.717) is 6.04 Å². The van der Waals surface area contributed by atoms with Crippen LogP contribution in [0.2, 0.25) is 0 Å². The molecule has 3 heteroatoms. The van der Waals surface area contributed by atoms with Crippen LogP contribution in [0.15, 0.2) is 16.9 Å². The highest BCUT2D eigenvalue weighted by Gasteiger charge is 2.31. The third kappa shape index (κ3) is 4.00. The van der Waals surface area contributed by atoms with Gasteiger partial charge in [0.05, 0.1) is 0 Å². The minimum absolute atomic E-state index is 0.672. The lowest BCUT2D eigenvalue weighted by Gasteiger charge is -2.36. The molecule has 0 amide bonds. The Morgan fingerprint density at radius 2 is 1.85 bits per heavy atom. The molecule has 3 nitrogen and oxygen atoms in total. The van der Waals surface area contributed by atoms with Gasteiger partial charge in [-0.15, -0.1) is 0 Å². The van der Waals surface area contributed by atoms with Crippen molar-refractivity contribution in [3.8, 4) is 0 Å². The van der Waals surface area contributed by atoms with E-state index in [0.717, 1.165) is 30.5 Å². The summed E-state index contributed by atoms with van der Waals surface area (Å²) in [6.07, 6.45) is 13.0. The number of rotatable bonds is 4. The topological polar surface area (TPSA) is 41.6 Å². The zero-order chi connectivity index (χ0) is 14.4. The molecular weight excluding hydrogens is 246 g/mol. The van der Waals surface area contributed by atoms with Crippen LogP contribution in [0.25, 0.3) is 0 Å². The SMILES string of the molecule is CC/N=C(C)\C=C(/N)N1CCCCCC1C1CCCC1. The third-order valence-electron chi connectivity index (χ3n) is 4.84. The van der Waals surface area contributed by atoms with E-state index < -0.39 is 0 Å². The second-order valence-electron chi connectivity index (χ2n) is 6.34. The number of aliphatic imine (C=N–C) groups is 1. The molecule has 2 rings (SSSR count). The molecule has 1 heterocycles. The summed E-state index contributed by atoms with van der Waals surface area (Å²) >= 11 is 0. The van der Waals surface area contributed by atoms with Crippen LogP contribution in [-0.4, -0.2) is 29.7 Å². The van der Waals surface area contributed by atoms with E-state index in [4.69, 9.17) is 5.73 Å². The number of hydrogen-bond donors (Lipinski definition) is 1. The smallest absolute Gasteiger partial charge is 0.101 e. The van der Waals surface area contributed by atoms with Crippen LogP contribution in [0.5, 0.6) is 0 Å². The van der Waals surface area contributed by atoms with E-state index in [-0.39, 0.29) is 0 Å².